The number of hydrogen-bond donors (Lipinski definition) is 4. The number of likely N-dealkylation sites (tertiary alicyclic amines) is 1. The second-order valence-electron chi connectivity index (χ2n) is 10.2. The first-order valence-corrected chi connectivity index (χ1v) is 14.4. The van der Waals surface area contributed by atoms with Crippen molar-refractivity contribution in [3.63, 3.8) is 0 Å². The Labute approximate surface area is 252 Å². The number of piperazine rings is 1. The third-order valence-corrected chi connectivity index (χ3v) is 8.15. The number of piperidine rings is 1. The highest BCUT2D eigenvalue weighted by Crippen LogP contribution is 2.30. The Balaban J connectivity index is 1.21. The van der Waals surface area contributed by atoms with Crippen LogP contribution in [0.5, 0.6) is 0 Å². The van der Waals surface area contributed by atoms with E-state index in [0.29, 0.717) is 43.6 Å². The number of rotatable bonds is 5. The van der Waals surface area contributed by atoms with Crippen molar-refractivity contribution in [2.24, 2.45) is 0 Å². The molecule has 2 fully saturated rings. The van der Waals surface area contributed by atoms with Gasteiger partial charge in [-0.1, -0.05) is 30.1 Å². The number of carbonyl (C=O) groups is 2. The Bertz CT molecular complexity index is 1480. The number of carbonyl (C=O) groups excluding carboxylic acids is 2. The Hall–Kier alpha value is -4.01. The van der Waals surface area contributed by atoms with Gasteiger partial charge in [-0.25, -0.2) is 19.6 Å². The molecule has 3 aromatic heterocycles. The van der Waals surface area contributed by atoms with Crippen LogP contribution in [0.3, 0.4) is 0 Å². The molecule has 0 saturated carbocycles. The molecule has 5 rings (SSSR count). The third kappa shape index (κ3) is 6.10. The Kier molecular flexibility index (Phi) is 8.75. The molecule has 0 bridgehead atoms. The van der Waals surface area contributed by atoms with Gasteiger partial charge in [0.2, 0.25) is 5.96 Å². The van der Waals surface area contributed by atoms with E-state index in [2.05, 4.69) is 37.2 Å². The predicted molar refractivity (Wildman–Crippen MR) is 160 cm³/mol. The van der Waals surface area contributed by atoms with Crippen molar-refractivity contribution in [1.82, 2.24) is 39.8 Å². The van der Waals surface area contributed by atoms with Gasteiger partial charge in [-0.2, -0.15) is 5.10 Å². The van der Waals surface area contributed by atoms with Crippen molar-refractivity contribution < 1.29 is 9.59 Å². The van der Waals surface area contributed by atoms with Crippen molar-refractivity contribution in [3.8, 4) is 0 Å². The summed E-state index contributed by atoms with van der Waals surface area (Å²) in [5, 5.41) is 14.6. The van der Waals surface area contributed by atoms with Gasteiger partial charge in [0, 0.05) is 57.2 Å². The summed E-state index contributed by atoms with van der Waals surface area (Å²) in [7, 11) is 0. The number of anilines is 3. The molecule has 0 spiro atoms. The first-order chi connectivity index (χ1) is 20.2. The molecular formula is C26H32Cl2N12O2. The standard InChI is InChI=1S/C26H32Cl2N12O2/c1-2-15-14-38(23-20(28)34-19(22(30)35-23)24(41)36-26(31)40-9-3-8-32-40)12-13-39(15)16-6-10-37(11-7-16)25(42)17-4-5-18(27)33-21(17)29/h3-5,8-9,15-16H,2,6-7,10-14H2,1H3,(H2,29,33)(H2,30,35)(H2,31,36,41)/t15-/m0/s1. The third-order valence-electron chi connectivity index (χ3n) is 7.68. The highest BCUT2D eigenvalue weighted by atomic mass is 35.5. The monoisotopic (exact) mass is 614 g/mol. The fourth-order valence-corrected chi connectivity index (χ4v) is 5.92. The van der Waals surface area contributed by atoms with Crippen LogP contribution >= 0.6 is 23.2 Å². The number of nitrogen functional groups attached to an aromatic ring is 2. The first kappa shape index (κ1) is 29.5. The number of nitrogens with two attached hydrogens (primary N) is 2. The van der Waals surface area contributed by atoms with Gasteiger partial charge in [0.25, 0.3) is 11.8 Å². The zero-order valence-electron chi connectivity index (χ0n) is 23.0. The van der Waals surface area contributed by atoms with Crippen LogP contribution in [0.1, 0.15) is 47.0 Å². The van der Waals surface area contributed by atoms with Crippen LogP contribution in [0.15, 0.2) is 30.6 Å². The van der Waals surface area contributed by atoms with Crippen LogP contribution in [0.25, 0.3) is 0 Å². The van der Waals surface area contributed by atoms with Crippen LogP contribution < -0.4 is 21.7 Å². The van der Waals surface area contributed by atoms with E-state index in [1.54, 1.807) is 18.2 Å². The highest BCUT2D eigenvalue weighted by Gasteiger charge is 2.35. The number of nitrogens with zero attached hydrogens (tertiary/aromatic N) is 8. The molecule has 2 aliphatic heterocycles. The minimum atomic E-state index is -0.704. The number of amides is 2. The van der Waals surface area contributed by atoms with E-state index in [1.807, 2.05) is 9.80 Å². The molecule has 0 aliphatic carbocycles. The summed E-state index contributed by atoms with van der Waals surface area (Å²) in [6, 6.07) is 5.37. The van der Waals surface area contributed by atoms with Crippen molar-refractivity contribution in [2.75, 3.05) is 49.1 Å². The zero-order valence-corrected chi connectivity index (χ0v) is 24.5. The summed E-state index contributed by atoms with van der Waals surface area (Å²) in [6.07, 6.45) is 5.60. The normalized spacial score (nSPS) is 18.2. The summed E-state index contributed by atoms with van der Waals surface area (Å²) in [5.41, 5.74) is 12.3. The lowest BCUT2D eigenvalue weighted by molar-refractivity contribution is 0.0491. The predicted octanol–water partition coefficient (Wildman–Crippen LogP) is 1.96. The number of pyridine rings is 1. The van der Waals surface area contributed by atoms with E-state index < -0.39 is 5.91 Å². The molecule has 2 amide bonds. The topological polar surface area (TPSA) is 188 Å². The summed E-state index contributed by atoms with van der Waals surface area (Å²) in [4.78, 5) is 44.8. The molecule has 16 heteroatoms. The van der Waals surface area contributed by atoms with E-state index in [1.165, 1.54) is 17.1 Å². The molecule has 6 N–H and O–H groups in total. The van der Waals surface area contributed by atoms with E-state index in [9.17, 15) is 9.59 Å². The minimum absolute atomic E-state index is 0.0612. The van der Waals surface area contributed by atoms with Gasteiger partial charge in [0.1, 0.15) is 11.0 Å². The van der Waals surface area contributed by atoms with Crippen LogP contribution in [-0.4, -0.2) is 97.1 Å². The van der Waals surface area contributed by atoms with Gasteiger partial charge in [-0.15, -0.1) is 0 Å². The molecule has 2 aliphatic rings. The summed E-state index contributed by atoms with van der Waals surface area (Å²) in [6.45, 7) is 5.46. The molecule has 3 aromatic rings. The van der Waals surface area contributed by atoms with Crippen LogP contribution in [0.2, 0.25) is 10.3 Å². The molecule has 0 unspecified atom stereocenters. The maximum atomic E-state index is 13.0. The van der Waals surface area contributed by atoms with Gasteiger partial charge in [0.15, 0.2) is 22.5 Å². The maximum absolute atomic E-state index is 13.0. The van der Waals surface area contributed by atoms with E-state index >= 15 is 0 Å². The molecular weight excluding hydrogens is 583 g/mol. The molecule has 0 aromatic carbocycles. The second kappa shape index (κ2) is 12.5. The van der Waals surface area contributed by atoms with Crippen LogP contribution in [0, 0.1) is 5.41 Å². The van der Waals surface area contributed by atoms with Crippen LogP contribution in [0.4, 0.5) is 17.5 Å². The summed E-state index contributed by atoms with van der Waals surface area (Å²) < 4.78 is 1.19. The van der Waals surface area contributed by atoms with Crippen molar-refractivity contribution >= 4 is 58.4 Å². The molecule has 222 valence electrons. The van der Waals surface area contributed by atoms with Gasteiger partial charge >= 0.3 is 0 Å². The highest BCUT2D eigenvalue weighted by molar-refractivity contribution is 6.32. The fourth-order valence-electron chi connectivity index (χ4n) is 5.52. The summed E-state index contributed by atoms with van der Waals surface area (Å²) in [5.74, 6) is -0.612. The SMILES string of the molecule is CC[C@H]1CN(c2nc(N)c(C(=O)NC(=N)n3cccn3)nc2Cl)CCN1C1CCN(C(=O)c2ccc(Cl)nc2N)CC1. The first-order valence-electron chi connectivity index (χ1n) is 13.6. The Morgan fingerprint density at radius 3 is 2.50 bits per heavy atom. The van der Waals surface area contributed by atoms with Gasteiger partial charge in [-0.05, 0) is 37.5 Å². The lowest BCUT2D eigenvalue weighted by atomic mass is 9.97. The number of halogens is 2. The number of hydrogen-bond acceptors (Lipinski definition) is 11. The average Bonchev–Trinajstić information content (AvgIpc) is 3.53. The average molecular weight is 616 g/mol. The summed E-state index contributed by atoms with van der Waals surface area (Å²) >= 11 is 12.4. The van der Waals surface area contributed by atoms with E-state index in [4.69, 9.17) is 40.1 Å². The smallest absolute Gasteiger partial charge is 0.280 e. The fraction of sp³-hybridized carbons (Fsp3) is 0.423. The largest absolute Gasteiger partial charge is 0.383 e. The Morgan fingerprint density at radius 2 is 1.83 bits per heavy atom. The Morgan fingerprint density at radius 1 is 1.07 bits per heavy atom. The number of nitrogens with one attached hydrogen (secondary N) is 2. The van der Waals surface area contributed by atoms with Gasteiger partial charge in [0.05, 0.1) is 5.56 Å². The maximum Gasteiger partial charge on any atom is 0.280 e. The van der Waals surface area contributed by atoms with Crippen LogP contribution in [-0.2, 0) is 0 Å². The minimum Gasteiger partial charge on any atom is -0.383 e. The molecule has 42 heavy (non-hydrogen) atoms. The van der Waals surface area contributed by atoms with E-state index in [-0.39, 0.29) is 45.5 Å². The zero-order chi connectivity index (χ0) is 30.0. The molecule has 2 saturated heterocycles. The second-order valence-corrected chi connectivity index (χ2v) is 10.9. The lowest BCUT2D eigenvalue weighted by Gasteiger charge is -2.47. The molecule has 1 atom stereocenters. The van der Waals surface area contributed by atoms with E-state index in [0.717, 1.165) is 25.8 Å². The molecule has 14 nitrogen and oxygen atoms in total. The number of aromatic nitrogens is 5. The molecule has 0 radical (unpaired) electrons. The van der Waals surface area contributed by atoms with Crippen molar-refractivity contribution in [3.05, 3.63) is 52.2 Å². The lowest BCUT2D eigenvalue weighted by Crippen LogP contribution is -2.58. The van der Waals surface area contributed by atoms with Gasteiger partial charge < -0.3 is 21.3 Å². The van der Waals surface area contributed by atoms with Crippen molar-refractivity contribution in [2.45, 2.75) is 38.3 Å². The molecule has 5 heterocycles. The van der Waals surface area contributed by atoms with Gasteiger partial charge in [-0.3, -0.25) is 25.2 Å². The quantitative estimate of drug-likeness (QED) is 0.188. The van der Waals surface area contributed by atoms with Crippen molar-refractivity contribution in [1.29, 1.82) is 5.41 Å².